The van der Waals surface area contributed by atoms with Gasteiger partial charge in [0.15, 0.2) is 0 Å². The fraction of sp³-hybridized carbons (Fsp3) is 0.167. The average molecular weight is 338 g/mol. The number of tetrazole rings is 1. The number of fused-ring (bicyclic) bond motifs is 1. The molecule has 0 radical (unpaired) electrons. The van der Waals surface area contributed by atoms with E-state index in [9.17, 15) is 0 Å². The van der Waals surface area contributed by atoms with Crippen LogP contribution in [0.25, 0.3) is 5.70 Å². The number of benzene rings is 2. The van der Waals surface area contributed by atoms with E-state index in [0.29, 0.717) is 11.0 Å². The van der Waals surface area contributed by atoms with Crippen molar-refractivity contribution in [3.63, 3.8) is 0 Å². The maximum atomic E-state index is 5.99. The van der Waals surface area contributed by atoms with Gasteiger partial charge in [0.25, 0.3) is 0 Å². The van der Waals surface area contributed by atoms with E-state index < -0.39 is 0 Å². The smallest absolute Gasteiger partial charge is 0.248 e. The topological polar surface area (TPSA) is 55.6 Å². The van der Waals surface area contributed by atoms with Crippen molar-refractivity contribution < 1.29 is 0 Å². The number of nitrogens with one attached hydrogen (secondary N) is 1. The molecule has 0 fully saturated rings. The zero-order chi connectivity index (χ0) is 16.5. The number of hydrogen-bond acceptors (Lipinski definition) is 4. The molecule has 24 heavy (non-hydrogen) atoms. The molecule has 1 aliphatic rings. The maximum Gasteiger partial charge on any atom is 0.248 e. The van der Waals surface area contributed by atoms with Crippen molar-refractivity contribution in [2.24, 2.45) is 0 Å². The number of nitrogens with zero attached hydrogens (tertiary/aromatic N) is 4. The highest BCUT2D eigenvalue weighted by Crippen LogP contribution is 2.31. The molecule has 0 spiro atoms. The Labute approximate surface area is 145 Å². The normalized spacial score (nSPS) is 16.2. The van der Waals surface area contributed by atoms with Crippen LogP contribution in [0, 0.1) is 0 Å². The largest absolute Gasteiger partial charge is 0.323 e. The molecule has 6 heteroatoms. The van der Waals surface area contributed by atoms with Crippen molar-refractivity contribution in [1.29, 1.82) is 0 Å². The van der Waals surface area contributed by atoms with Gasteiger partial charge in [0.05, 0.1) is 0 Å². The molecule has 5 nitrogen and oxygen atoms in total. The Bertz CT molecular complexity index is 881. The highest BCUT2D eigenvalue weighted by Gasteiger charge is 2.24. The van der Waals surface area contributed by atoms with E-state index in [0.717, 1.165) is 23.2 Å². The number of allylic oxidation sites excluding steroid dienone is 1. The summed E-state index contributed by atoms with van der Waals surface area (Å²) in [5.41, 5.74) is 4.47. The number of hydrogen-bond donors (Lipinski definition) is 1. The molecule has 1 atom stereocenters. The summed E-state index contributed by atoms with van der Waals surface area (Å²) in [7, 11) is 0. The summed E-state index contributed by atoms with van der Waals surface area (Å²) in [5.74, 6) is 0.631. The molecule has 0 saturated heterocycles. The Hall–Kier alpha value is -2.66. The van der Waals surface area contributed by atoms with Gasteiger partial charge in [0.2, 0.25) is 5.95 Å². The monoisotopic (exact) mass is 337 g/mol. The quantitative estimate of drug-likeness (QED) is 0.786. The van der Waals surface area contributed by atoms with Crippen LogP contribution in [-0.2, 0) is 6.42 Å². The lowest BCUT2D eigenvalue weighted by molar-refractivity contribution is 0.585. The SMILES string of the molecule is CCc1ccc([C@@H]2C=C(c3ccc(Cl)cc3)Nc3nnnn32)cc1. The Morgan fingerprint density at radius 2 is 1.83 bits per heavy atom. The third-order valence-corrected chi connectivity index (χ3v) is 4.46. The molecule has 1 N–H and O–H groups in total. The van der Waals surface area contributed by atoms with Gasteiger partial charge in [-0.1, -0.05) is 60.0 Å². The van der Waals surface area contributed by atoms with E-state index in [2.05, 4.69) is 58.1 Å². The van der Waals surface area contributed by atoms with Gasteiger partial charge in [-0.15, -0.1) is 0 Å². The Morgan fingerprint density at radius 1 is 1.08 bits per heavy atom. The lowest BCUT2D eigenvalue weighted by atomic mass is 10.00. The minimum absolute atomic E-state index is 0.0483. The van der Waals surface area contributed by atoms with Crippen LogP contribution < -0.4 is 5.32 Å². The third-order valence-electron chi connectivity index (χ3n) is 4.21. The minimum Gasteiger partial charge on any atom is -0.323 e. The first-order valence-electron chi connectivity index (χ1n) is 7.86. The lowest BCUT2D eigenvalue weighted by Gasteiger charge is -2.23. The number of aryl methyl sites for hydroxylation is 1. The second-order valence-corrected chi connectivity index (χ2v) is 6.14. The third kappa shape index (κ3) is 2.67. The Morgan fingerprint density at radius 3 is 2.54 bits per heavy atom. The molecule has 2 heterocycles. The van der Waals surface area contributed by atoms with E-state index >= 15 is 0 Å². The Balaban J connectivity index is 1.77. The highest BCUT2D eigenvalue weighted by molar-refractivity contribution is 6.30. The van der Waals surface area contributed by atoms with Gasteiger partial charge in [0.1, 0.15) is 6.04 Å². The first kappa shape index (κ1) is 14.9. The van der Waals surface area contributed by atoms with Gasteiger partial charge >= 0.3 is 0 Å². The fourth-order valence-corrected chi connectivity index (χ4v) is 2.97. The van der Waals surface area contributed by atoms with Crippen LogP contribution >= 0.6 is 11.6 Å². The molecule has 1 aromatic heterocycles. The molecule has 0 bridgehead atoms. The van der Waals surface area contributed by atoms with Gasteiger partial charge < -0.3 is 5.32 Å². The Kier molecular flexibility index (Phi) is 3.78. The summed E-state index contributed by atoms with van der Waals surface area (Å²) in [6, 6.07) is 16.2. The predicted octanol–water partition coefficient (Wildman–Crippen LogP) is 3.94. The summed E-state index contributed by atoms with van der Waals surface area (Å²) >= 11 is 5.99. The van der Waals surface area contributed by atoms with E-state index in [1.165, 1.54) is 5.56 Å². The molecular weight excluding hydrogens is 322 g/mol. The van der Waals surface area contributed by atoms with Crippen molar-refractivity contribution >= 4 is 23.2 Å². The minimum atomic E-state index is -0.0483. The number of aromatic nitrogens is 4. The zero-order valence-electron chi connectivity index (χ0n) is 13.1. The van der Waals surface area contributed by atoms with Crippen LogP contribution in [0.2, 0.25) is 5.02 Å². The van der Waals surface area contributed by atoms with Crippen LogP contribution in [-0.4, -0.2) is 20.2 Å². The molecule has 3 aromatic rings. The van der Waals surface area contributed by atoms with Gasteiger partial charge in [-0.3, -0.25) is 0 Å². The molecule has 2 aromatic carbocycles. The lowest BCUT2D eigenvalue weighted by Crippen LogP contribution is -2.20. The standard InChI is InChI=1S/C18H16ClN5/c1-2-12-3-5-14(6-4-12)17-11-16(13-7-9-15(19)10-8-13)20-18-21-22-23-24(17)18/h3-11,17H,2H2,1H3,(H,20,21,23)/t17-/m0/s1. The van der Waals surface area contributed by atoms with Crippen LogP contribution in [0.3, 0.4) is 0 Å². The molecule has 0 saturated carbocycles. The second kappa shape index (κ2) is 6.09. The second-order valence-electron chi connectivity index (χ2n) is 5.70. The first-order valence-corrected chi connectivity index (χ1v) is 8.24. The molecule has 0 aliphatic carbocycles. The van der Waals surface area contributed by atoms with Crippen LogP contribution in [0.15, 0.2) is 54.6 Å². The first-order chi connectivity index (χ1) is 11.7. The molecule has 0 amide bonds. The number of anilines is 1. The number of rotatable bonds is 3. The number of halogens is 1. The van der Waals surface area contributed by atoms with Crippen LogP contribution in [0.5, 0.6) is 0 Å². The van der Waals surface area contributed by atoms with Crippen molar-refractivity contribution in [1.82, 2.24) is 20.2 Å². The van der Waals surface area contributed by atoms with Gasteiger partial charge in [0, 0.05) is 10.7 Å². The fourth-order valence-electron chi connectivity index (χ4n) is 2.84. The van der Waals surface area contributed by atoms with Crippen LogP contribution in [0.1, 0.15) is 29.7 Å². The summed E-state index contributed by atoms with van der Waals surface area (Å²) < 4.78 is 1.79. The highest BCUT2D eigenvalue weighted by atomic mass is 35.5. The van der Waals surface area contributed by atoms with Gasteiger partial charge in [-0.2, -0.15) is 4.68 Å². The van der Waals surface area contributed by atoms with Crippen molar-refractivity contribution in [2.45, 2.75) is 19.4 Å². The van der Waals surface area contributed by atoms with E-state index in [4.69, 9.17) is 11.6 Å². The van der Waals surface area contributed by atoms with E-state index in [1.54, 1.807) is 4.68 Å². The average Bonchev–Trinajstić information content (AvgIpc) is 3.10. The van der Waals surface area contributed by atoms with Gasteiger partial charge in [-0.05, 0) is 51.7 Å². The molecule has 120 valence electrons. The van der Waals surface area contributed by atoms with Crippen molar-refractivity contribution in [3.05, 3.63) is 76.3 Å². The summed E-state index contributed by atoms with van der Waals surface area (Å²) in [6.07, 6.45) is 3.15. The van der Waals surface area contributed by atoms with E-state index in [1.807, 2.05) is 24.3 Å². The zero-order valence-corrected chi connectivity index (χ0v) is 13.9. The molecule has 0 unspecified atom stereocenters. The summed E-state index contributed by atoms with van der Waals surface area (Å²) in [5, 5.41) is 16.0. The predicted molar refractivity (Wildman–Crippen MR) is 94.8 cm³/mol. The maximum absolute atomic E-state index is 5.99. The summed E-state index contributed by atoms with van der Waals surface area (Å²) in [6.45, 7) is 2.15. The van der Waals surface area contributed by atoms with Crippen molar-refractivity contribution in [3.8, 4) is 0 Å². The van der Waals surface area contributed by atoms with Crippen molar-refractivity contribution in [2.75, 3.05) is 5.32 Å². The molecular formula is C18H16ClN5. The van der Waals surface area contributed by atoms with E-state index in [-0.39, 0.29) is 6.04 Å². The summed E-state index contributed by atoms with van der Waals surface area (Å²) in [4.78, 5) is 0. The molecule has 4 rings (SSSR count). The van der Waals surface area contributed by atoms with Gasteiger partial charge in [-0.25, -0.2) is 0 Å². The molecule has 1 aliphatic heterocycles. The van der Waals surface area contributed by atoms with Crippen LogP contribution in [0.4, 0.5) is 5.95 Å².